The van der Waals surface area contributed by atoms with Gasteiger partial charge in [-0.1, -0.05) is 6.92 Å². The first-order valence-corrected chi connectivity index (χ1v) is 7.48. The molecule has 19 heavy (non-hydrogen) atoms. The van der Waals surface area contributed by atoms with E-state index in [0.717, 1.165) is 17.9 Å². The van der Waals surface area contributed by atoms with Crippen molar-refractivity contribution in [2.45, 2.75) is 45.3 Å². The Kier molecular flexibility index (Phi) is 8.58. The van der Waals surface area contributed by atoms with Gasteiger partial charge >= 0.3 is 12.0 Å². The standard InChI is InChI=1S/C12H24N2O4S/c1-4-19-6-5-9(2)14-11(17)13-8-12(3,18)7-10(15)16/h9,18H,4-8H2,1-3H3,(H,15,16)(H2,13,14,17). The Hall–Kier alpha value is -0.950. The van der Waals surface area contributed by atoms with Crippen LogP contribution in [0.3, 0.4) is 0 Å². The fraction of sp³-hybridized carbons (Fsp3) is 0.833. The van der Waals surface area contributed by atoms with E-state index in [1.807, 2.05) is 18.7 Å². The number of aliphatic carboxylic acids is 1. The molecule has 0 spiro atoms. The van der Waals surface area contributed by atoms with Crippen LogP contribution in [0.1, 0.15) is 33.6 Å². The predicted octanol–water partition coefficient (Wildman–Crippen LogP) is 1.04. The van der Waals surface area contributed by atoms with Crippen molar-refractivity contribution in [2.24, 2.45) is 0 Å². The van der Waals surface area contributed by atoms with Gasteiger partial charge in [-0.05, 0) is 31.8 Å². The van der Waals surface area contributed by atoms with Crippen LogP contribution in [0.2, 0.25) is 0 Å². The second-order valence-electron chi connectivity index (χ2n) is 4.78. The van der Waals surface area contributed by atoms with E-state index in [1.54, 1.807) is 0 Å². The first-order valence-electron chi connectivity index (χ1n) is 6.33. The third-order valence-corrected chi connectivity index (χ3v) is 3.37. The minimum Gasteiger partial charge on any atom is -0.481 e. The minimum absolute atomic E-state index is 0.0449. The Morgan fingerprint density at radius 2 is 2.05 bits per heavy atom. The van der Waals surface area contributed by atoms with Crippen LogP contribution in [0, 0.1) is 0 Å². The number of nitrogens with one attached hydrogen (secondary N) is 2. The van der Waals surface area contributed by atoms with Crippen molar-refractivity contribution in [2.75, 3.05) is 18.1 Å². The van der Waals surface area contributed by atoms with E-state index >= 15 is 0 Å². The third kappa shape index (κ3) is 10.6. The molecule has 0 aliphatic heterocycles. The van der Waals surface area contributed by atoms with Crippen molar-refractivity contribution in [1.82, 2.24) is 10.6 Å². The number of amides is 2. The second kappa shape index (κ2) is 9.03. The first-order chi connectivity index (χ1) is 8.76. The Morgan fingerprint density at radius 3 is 2.58 bits per heavy atom. The Morgan fingerprint density at radius 1 is 1.42 bits per heavy atom. The summed E-state index contributed by atoms with van der Waals surface area (Å²) in [6.07, 6.45) is 0.466. The van der Waals surface area contributed by atoms with Crippen LogP contribution in [0.5, 0.6) is 0 Å². The van der Waals surface area contributed by atoms with Crippen LogP contribution in [0.15, 0.2) is 0 Å². The van der Waals surface area contributed by atoms with E-state index in [-0.39, 0.29) is 18.6 Å². The maximum absolute atomic E-state index is 11.5. The van der Waals surface area contributed by atoms with Crippen LogP contribution < -0.4 is 10.6 Å². The monoisotopic (exact) mass is 292 g/mol. The first kappa shape index (κ1) is 18.0. The van der Waals surface area contributed by atoms with E-state index in [9.17, 15) is 14.7 Å². The molecule has 2 atom stereocenters. The van der Waals surface area contributed by atoms with Crippen LogP contribution >= 0.6 is 11.8 Å². The molecule has 2 amide bonds. The highest BCUT2D eigenvalue weighted by Gasteiger charge is 2.24. The number of rotatable bonds is 9. The SMILES string of the molecule is CCSCCC(C)NC(=O)NCC(C)(O)CC(=O)O. The zero-order valence-electron chi connectivity index (χ0n) is 11.7. The van der Waals surface area contributed by atoms with Crippen LogP contribution in [0.4, 0.5) is 4.79 Å². The molecule has 0 saturated heterocycles. The molecule has 0 aromatic heterocycles. The smallest absolute Gasteiger partial charge is 0.315 e. The maximum atomic E-state index is 11.5. The van der Waals surface area contributed by atoms with Crippen molar-refractivity contribution >= 4 is 23.8 Å². The zero-order chi connectivity index (χ0) is 14.9. The molecule has 0 rings (SSSR count). The molecular formula is C12H24N2O4S. The van der Waals surface area contributed by atoms with Gasteiger partial charge in [-0.2, -0.15) is 11.8 Å². The molecule has 6 nitrogen and oxygen atoms in total. The molecule has 0 radical (unpaired) electrons. The number of carbonyl (C=O) groups is 2. The van der Waals surface area contributed by atoms with Gasteiger partial charge in [-0.15, -0.1) is 0 Å². The molecule has 4 N–H and O–H groups in total. The topological polar surface area (TPSA) is 98.7 Å². The van der Waals surface area contributed by atoms with Gasteiger partial charge in [-0.3, -0.25) is 4.79 Å². The summed E-state index contributed by atoms with van der Waals surface area (Å²) in [5, 5.41) is 23.5. The summed E-state index contributed by atoms with van der Waals surface area (Å²) >= 11 is 1.81. The zero-order valence-corrected chi connectivity index (χ0v) is 12.5. The molecule has 7 heteroatoms. The lowest BCUT2D eigenvalue weighted by Crippen LogP contribution is -2.47. The maximum Gasteiger partial charge on any atom is 0.315 e. The van der Waals surface area contributed by atoms with E-state index in [0.29, 0.717) is 0 Å². The van der Waals surface area contributed by atoms with Gasteiger partial charge in [0.2, 0.25) is 0 Å². The summed E-state index contributed by atoms with van der Waals surface area (Å²) in [6, 6.07) is -0.344. The van der Waals surface area contributed by atoms with E-state index in [2.05, 4.69) is 17.6 Å². The van der Waals surface area contributed by atoms with Gasteiger partial charge < -0.3 is 20.8 Å². The second-order valence-corrected chi connectivity index (χ2v) is 6.17. The molecule has 0 aliphatic carbocycles. The van der Waals surface area contributed by atoms with Gasteiger partial charge in [0.05, 0.1) is 12.0 Å². The molecule has 0 saturated carbocycles. The average molecular weight is 292 g/mol. The van der Waals surface area contributed by atoms with Gasteiger partial charge in [0.15, 0.2) is 0 Å². The highest BCUT2D eigenvalue weighted by Crippen LogP contribution is 2.07. The van der Waals surface area contributed by atoms with E-state index in [1.165, 1.54) is 6.92 Å². The number of thioether (sulfide) groups is 1. The molecule has 0 bridgehead atoms. The molecule has 0 aromatic carbocycles. The van der Waals surface area contributed by atoms with Gasteiger partial charge in [0.25, 0.3) is 0 Å². The summed E-state index contributed by atoms with van der Waals surface area (Å²) in [4.78, 5) is 22.0. The van der Waals surface area contributed by atoms with Gasteiger partial charge in [0.1, 0.15) is 0 Å². The number of carbonyl (C=O) groups excluding carboxylic acids is 1. The normalized spacial score (nSPS) is 15.4. The van der Waals surface area contributed by atoms with Crippen molar-refractivity contribution in [3.05, 3.63) is 0 Å². The van der Waals surface area contributed by atoms with Gasteiger partial charge in [-0.25, -0.2) is 4.79 Å². The lowest BCUT2D eigenvalue weighted by atomic mass is 10.0. The summed E-state index contributed by atoms with van der Waals surface area (Å²) in [7, 11) is 0. The number of hydrogen-bond acceptors (Lipinski definition) is 4. The van der Waals surface area contributed by atoms with Crippen molar-refractivity contribution in [3.8, 4) is 0 Å². The van der Waals surface area contributed by atoms with Crippen LogP contribution in [-0.2, 0) is 4.79 Å². The lowest BCUT2D eigenvalue weighted by molar-refractivity contribution is -0.141. The highest BCUT2D eigenvalue weighted by molar-refractivity contribution is 7.99. The highest BCUT2D eigenvalue weighted by atomic mass is 32.2. The number of carboxylic acid groups (broad SMARTS) is 1. The summed E-state index contributed by atoms with van der Waals surface area (Å²) in [5.41, 5.74) is -1.44. The Balaban J connectivity index is 3.88. The summed E-state index contributed by atoms with van der Waals surface area (Å²) < 4.78 is 0. The lowest BCUT2D eigenvalue weighted by Gasteiger charge is -2.22. The predicted molar refractivity (Wildman–Crippen MR) is 76.5 cm³/mol. The minimum atomic E-state index is -1.44. The Labute approximate surface area is 118 Å². The fourth-order valence-electron chi connectivity index (χ4n) is 1.41. The van der Waals surface area contributed by atoms with Crippen molar-refractivity contribution < 1.29 is 19.8 Å². The molecule has 112 valence electrons. The molecule has 0 aliphatic rings. The molecule has 0 fully saturated rings. The van der Waals surface area contributed by atoms with Crippen molar-refractivity contribution in [1.29, 1.82) is 0 Å². The summed E-state index contributed by atoms with van der Waals surface area (Å²) in [5.74, 6) is 0.934. The van der Waals surface area contributed by atoms with E-state index in [4.69, 9.17) is 5.11 Å². The number of carboxylic acids is 1. The van der Waals surface area contributed by atoms with Crippen LogP contribution in [-0.4, -0.2) is 51.9 Å². The van der Waals surface area contributed by atoms with Crippen molar-refractivity contribution in [3.63, 3.8) is 0 Å². The molecule has 2 unspecified atom stereocenters. The number of urea groups is 1. The quantitative estimate of drug-likeness (QED) is 0.476. The molecule has 0 heterocycles. The summed E-state index contributed by atoms with van der Waals surface area (Å²) in [6.45, 7) is 5.27. The Bertz CT molecular complexity index is 297. The number of aliphatic hydroxyl groups is 1. The largest absolute Gasteiger partial charge is 0.481 e. The number of hydrogen-bond donors (Lipinski definition) is 4. The average Bonchev–Trinajstić information content (AvgIpc) is 2.25. The van der Waals surface area contributed by atoms with Crippen LogP contribution in [0.25, 0.3) is 0 Å². The third-order valence-electron chi connectivity index (χ3n) is 2.44. The molecular weight excluding hydrogens is 268 g/mol. The van der Waals surface area contributed by atoms with Gasteiger partial charge in [0, 0.05) is 12.6 Å². The fourth-order valence-corrected chi connectivity index (χ4v) is 2.22. The molecule has 0 aromatic rings. The van der Waals surface area contributed by atoms with E-state index < -0.39 is 18.0 Å².